The van der Waals surface area contributed by atoms with Crippen LogP contribution in [0.3, 0.4) is 0 Å². The molecule has 0 spiro atoms. The third-order valence-electron chi connectivity index (χ3n) is 5.92. The van der Waals surface area contributed by atoms with Gasteiger partial charge in [-0.15, -0.1) is 0 Å². The van der Waals surface area contributed by atoms with Crippen molar-refractivity contribution in [3.05, 3.63) is 59.4 Å². The zero-order valence-electron chi connectivity index (χ0n) is 16.5. The average Bonchev–Trinajstić information content (AvgIpc) is 2.72. The first-order valence-electron chi connectivity index (χ1n) is 10.0. The topological polar surface area (TPSA) is 35.6 Å². The lowest BCUT2D eigenvalue weighted by Gasteiger charge is -2.49. The van der Waals surface area contributed by atoms with Gasteiger partial charge in [-0.05, 0) is 49.2 Å². The van der Waals surface area contributed by atoms with E-state index >= 15 is 0 Å². The Labute approximate surface area is 172 Å². The quantitative estimate of drug-likeness (QED) is 0.765. The number of carbonyl (C=O) groups excluding carboxylic acids is 1. The minimum Gasteiger partial charge on any atom is -0.365 e. The van der Waals surface area contributed by atoms with Crippen LogP contribution in [0.15, 0.2) is 42.5 Å². The molecular formula is C22H23F4N3O. The van der Waals surface area contributed by atoms with Gasteiger partial charge in [0.15, 0.2) is 0 Å². The Bertz CT molecular complexity index is 946. The number of rotatable bonds is 3. The van der Waals surface area contributed by atoms with Crippen molar-refractivity contribution < 1.29 is 22.4 Å². The molecular weight excluding hydrogens is 398 g/mol. The summed E-state index contributed by atoms with van der Waals surface area (Å²) in [6.45, 7) is 3.67. The largest absolute Gasteiger partial charge is 0.416 e. The Morgan fingerprint density at radius 1 is 1.13 bits per heavy atom. The van der Waals surface area contributed by atoms with Crippen molar-refractivity contribution in [2.24, 2.45) is 5.92 Å². The molecule has 0 aromatic heterocycles. The van der Waals surface area contributed by atoms with Gasteiger partial charge in [0.1, 0.15) is 5.82 Å². The van der Waals surface area contributed by atoms with Crippen LogP contribution in [0.25, 0.3) is 0 Å². The molecule has 0 aliphatic carbocycles. The molecule has 1 fully saturated rings. The standard InChI is InChI=1S/C22H23F4N3O/c1-2-27-21(30)16-12-14-11-15(22(24,25)26)7-8-18(14)29-10-9-28(13-20(16)29)19-6-4-3-5-17(19)23/h3-8,11,16,20H,2,9-10,12-13H2,1H3,(H,27,30)/t16-,20+/m1/s1. The van der Waals surface area contributed by atoms with Crippen molar-refractivity contribution in [1.29, 1.82) is 0 Å². The molecule has 2 aromatic rings. The molecule has 2 atom stereocenters. The molecule has 0 bridgehead atoms. The zero-order valence-corrected chi connectivity index (χ0v) is 16.5. The van der Waals surface area contributed by atoms with Crippen molar-refractivity contribution in [3.8, 4) is 0 Å². The summed E-state index contributed by atoms with van der Waals surface area (Å²) in [4.78, 5) is 16.7. The van der Waals surface area contributed by atoms with E-state index in [0.717, 1.165) is 17.8 Å². The van der Waals surface area contributed by atoms with E-state index in [2.05, 4.69) is 5.32 Å². The minimum atomic E-state index is -4.43. The summed E-state index contributed by atoms with van der Waals surface area (Å²) in [5.41, 5.74) is 1.02. The fraction of sp³-hybridized carbons (Fsp3) is 0.409. The van der Waals surface area contributed by atoms with Crippen molar-refractivity contribution in [2.75, 3.05) is 36.0 Å². The fourth-order valence-corrected chi connectivity index (χ4v) is 4.53. The van der Waals surface area contributed by atoms with Crippen LogP contribution in [0.4, 0.5) is 28.9 Å². The summed E-state index contributed by atoms with van der Waals surface area (Å²) < 4.78 is 54.0. The molecule has 2 aliphatic heterocycles. The number of carbonyl (C=O) groups is 1. The van der Waals surface area contributed by atoms with Crippen LogP contribution < -0.4 is 15.1 Å². The van der Waals surface area contributed by atoms with Gasteiger partial charge in [-0.25, -0.2) is 4.39 Å². The molecule has 1 saturated heterocycles. The number of hydrogen-bond acceptors (Lipinski definition) is 3. The van der Waals surface area contributed by atoms with E-state index in [1.54, 1.807) is 25.1 Å². The fourth-order valence-electron chi connectivity index (χ4n) is 4.53. The van der Waals surface area contributed by atoms with Crippen LogP contribution >= 0.6 is 0 Å². The van der Waals surface area contributed by atoms with Gasteiger partial charge in [-0.3, -0.25) is 4.79 Å². The van der Waals surface area contributed by atoms with E-state index in [4.69, 9.17) is 0 Å². The molecule has 2 heterocycles. The van der Waals surface area contributed by atoms with Gasteiger partial charge in [0.2, 0.25) is 5.91 Å². The summed E-state index contributed by atoms with van der Waals surface area (Å²) in [5, 5.41) is 2.81. The van der Waals surface area contributed by atoms with Crippen LogP contribution in [-0.4, -0.2) is 38.1 Å². The van der Waals surface area contributed by atoms with Gasteiger partial charge in [0, 0.05) is 31.9 Å². The van der Waals surface area contributed by atoms with Gasteiger partial charge in [0.05, 0.1) is 23.2 Å². The second-order valence-corrected chi connectivity index (χ2v) is 7.70. The van der Waals surface area contributed by atoms with Gasteiger partial charge in [-0.2, -0.15) is 13.2 Å². The maximum atomic E-state index is 14.3. The third-order valence-corrected chi connectivity index (χ3v) is 5.92. The maximum absolute atomic E-state index is 14.3. The minimum absolute atomic E-state index is 0.189. The third kappa shape index (κ3) is 3.70. The number of nitrogens with one attached hydrogen (secondary N) is 1. The highest BCUT2D eigenvalue weighted by atomic mass is 19.4. The first-order valence-corrected chi connectivity index (χ1v) is 10.0. The van der Waals surface area contributed by atoms with E-state index in [-0.39, 0.29) is 24.2 Å². The Balaban J connectivity index is 1.70. The Morgan fingerprint density at radius 2 is 1.90 bits per heavy atom. The van der Waals surface area contributed by atoms with E-state index in [1.807, 2.05) is 9.80 Å². The van der Waals surface area contributed by atoms with Crippen molar-refractivity contribution in [3.63, 3.8) is 0 Å². The van der Waals surface area contributed by atoms with Crippen molar-refractivity contribution in [1.82, 2.24) is 5.32 Å². The highest BCUT2D eigenvalue weighted by Gasteiger charge is 2.42. The number of fused-ring (bicyclic) bond motifs is 3. The van der Waals surface area contributed by atoms with Crippen LogP contribution in [0.5, 0.6) is 0 Å². The smallest absolute Gasteiger partial charge is 0.365 e. The molecule has 1 amide bonds. The van der Waals surface area contributed by atoms with Crippen molar-refractivity contribution in [2.45, 2.75) is 25.6 Å². The highest BCUT2D eigenvalue weighted by molar-refractivity contribution is 5.82. The van der Waals surface area contributed by atoms with E-state index in [0.29, 0.717) is 37.4 Å². The first kappa shape index (κ1) is 20.5. The number of piperazine rings is 1. The van der Waals surface area contributed by atoms with Crippen molar-refractivity contribution >= 4 is 17.3 Å². The zero-order chi connectivity index (χ0) is 21.5. The van der Waals surface area contributed by atoms with E-state index < -0.39 is 17.7 Å². The van der Waals surface area contributed by atoms with E-state index in [9.17, 15) is 22.4 Å². The molecule has 4 nitrogen and oxygen atoms in total. The number of halogens is 4. The Morgan fingerprint density at radius 3 is 2.60 bits per heavy atom. The SMILES string of the molecule is CCNC(=O)[C@@H]1Cc2cc(C(F)(F)F)ccc2N2CCN(c3ccccc3F)C[C@@H]12. The average molecular weight is 421 g/mol. The van der Waals surface area contributed by atoms with Crippen LogP contribution in [-0.2, 0) is 17.4 Å². The summed E-state index contributed by atoms with van der Waals surface area (Å²) in [7, 11) is 0. The highest BCUT2D eigenvalue weighted by Crippen LogP contribution is 2.40. The summed E-state index contributed by atoms with van der Waals surface area (Å²) >= 11 is 0. The summed E-state index contributed by atoms with van der Waals surface area (Å²) in [6.07, 6.45) is -4.21. The number of anilines is 2. The summed E-state index contributed by atoms with van der Waals surface area (Å²) in [5.74, 6) is -1.03. The van der Waals surface area contributed by atoms with Gasteiger partial charge in [-0.1, -0.05) is 12.1 Å². The predicted octanol–water partition coefficient (Wildman–Crippen LogP) is 3.85. The Kier molecular flexibility index (Phi) is 5.34. The molecule has 0 radical (unpaired) electrons. The van der Waals surface area contributed by atoms with Crippen LogP contribution in [0, 0.1) is 11.7 Å². The van der Waals surface area contributed by atoms with Crippen LogP contribution in [0.1, 0.15) is 18.1 Å². The molecule has 0 unspecified atom stereocenters. The second kappa shape index (κ2) is 7.81. The number of hydrogen-bond donors (Lipinski definition) is 1. The summed E-state index contributed by atoms with van der Waals surface area (Å²) in [6, 6.07) is 9.98. The monoisotopic (exact) mass is 421 g/mol. The first-order chi connectivity index (χ1) is 14.3. The lowest BCUT2D eigenvalue weighted by Crippen LogP contribution is -2.61. The number of para-hydroxylation sites is 1. The molecule has 30 heavy (non-hydrogen) atoms. The van der Waals surface area contributed by atoms with Crippen LogP contribution in [0.2, 0.25) is 0 Å². The number of alkyl halides is 3. The molecule has 160 valence electrons. The second-order valence-electron chi connectivity index (χ2n) is 7.70. The molecule has 0 saturated carbocycles. The Hall–Kier alpha value is -2.77. The maximum Gasteiger partial charge on any atom is 0.416 e. The lowest BCUT2D eigenvalue weighted by atomic mass is 9.82. The molecule has 1 N–H and O–H groups in total. The normalized spacial score (nSPS) is 21.1. The van der Waals surface area contributed by atoms with Gasteiger partial charge < -0.3 is 15.1 Å². The van der Waals surface area contributed by atoms with Gasteiger partial charge in [0.25, 0.3) is 0 Å². The van der Waals surface area contributed by atoms with E-state index in [1.165, 1.54) is 12.1 Å². The molecule has 4 rings (SSSR count). The molecule has 8 heteroatoms. The number of benzene rings is 2. The number of amides is 1. The molecule has 2 aromatic carbocycles. The lowest BCUT2D eigenvalue weighted by molar-refractivity contribution is -0.137. The molecule has 2 aliphatic rings. The predicted molar refractivity (Wildman–Crippen MR) is 107 cm³/mol. The van der Waals surface area contributed by atoms with Gasteiger partial charge >= 0.3 is 6.18 Å². The number of nitrogens with zero attached hydrogens (tertiary/aromatic N) is 2.